The van der Waals surface area contributed by atoms with Crippen LogP contribution in [0, 0.1) is 0 Å². The van der Waals surface area contributed by atoms with Gasteiger partial charge in [-0.2, -0.15) is 0 Å². The Labute approximate surface area is 104 Å². The standard InChI is InChI=1S/C13H23N3O/c1-3-14-10-12-4-9-17-13(12)11-16-7-5-15(2)6-8-16/h4,9,14H,3,5-8,10-11H2,1-2H3. The van der Waals surface area contributed by atoms with Crippen LogP contribution in [0.5, 0.6) is 0 Å². The van der Waals surface area contributed by atoms with Gasteiger partial charge in [0.1, 0.15) is 5.76 Å². The van der Waals surface area contributed by atoms with Crippen molar-refractivity contribution >= 4 is 0 Å². The average molecular weight is 237 g/mol. The number of piperazine rings is 1. The second kappa shape index (κ2) is 6.19. The van der Waals surface area contributed by atoms with Crippen LogP contribution in [-0.4, -0.2) is 49.6 Å². The topological polar surface area (TPSA) is 31.7 Å². The van der Waals surface area contributed by atoms with Crippen molar-refractivity contribution in [2.24, 2.45) is 0 Å². The largest absolute Gasteiger partial charge is 0.468 e. The van der Waals surface area contributed by atoms with Gasteiger partial charge >= 0.3 is 0 Å². The Hall–Kier alpha value is -0.840. The molecule has 0 spiro atoms. The molecule has 4 heteroatoms. The second-order valence-electron chi connectivity index (χ2n) is 4.73. The summed E-state index contributed by atoms with van der Waals surface area (Å²) >= 11 is 0. The van der Waals surface area contributed by atoms with Crippen molar-refractivity contribution in [3.8, 4) is 0 Å². The fourth-order valence-corrected chi connectivity index (χ4v) is 2.13. The third kappa shape index (κ3) is 3.56. The molecule has 2 heterocycles. The normalized spacial score (nSPS) is 18.7. The predicted molar refractivity (Wildman–Crippen MR) is 68.9 cm³/mol. The third-order valence-corrected chi connectivity index (χ3v) is 3.37. The first-order valence-corrected chi connectivity index (χ1v) is 6.46. The number of likely N-dealkylation sites (N-methyl/N-ethyl adjacent to an activating group) is 1. The first kappa shape index (κ1) is 12.6. The van der Waals surface area contributed by atoms with E-state index < -0.39 is 0 Å². The molecule has 1 N–H and O–H groups in total. The highest BCUT2D eigenvalue weighted by molar-refractivity contribution is 5.16. The highest BCUT2D eigenvalue weighted by atomic mass is 16.3. The molecule has 1 aromatic heterocycles. The van der Waals surface area contributed by atoms with Crippen molar-refractivity contribution in [2.45, 2.75) is 20.0 Å². The minimum atomic E-state index is 0.913. The smallest absolute Gasteiger partial charge is 0.122 e. The van der Waals surface area contributed by atoms with Gasteiger partial charge in [-0.15, -0.1) is 0 Å². The van der Waals surface area contributed by atoms with Crippen molar-refractivity contribution in [2.75, 3.05) is 39.8 Å². The number of furan rings is 1. The summed E-state index contributed by atoms with van der Waals surface area (Å²) in [5.74, 6) is 1.12. The molecule has 1 aromatic rings. The summed E-state index contributed by atoms with van der Waals surface area (Å²) in [4.78, 5) is 4.84. The lowest BCUT2D eigenvalue weighted by Gasteiger charge is -2.31. The lowest BCUT2D eigenvalue weighted by Crippen LogP contribution is -2.43. The van der Waals surface area contributed by atoms with E-state index in [1.165, 1.54) is 5.56 Å². The Morgan fingerprint density at radius 3 is 2.76 bits per heavy atom. The number of hydrogen-bond donors (Lipinski definition) is 1. The van der Waals surface area contributed by atoms with Crippen LogP contribution >= 0.6 is 0 Å². The molecule has 2 rings (SSSR count). The zero-order valence-corrected chi connectivity index (χ0v) is 10.9. The molecule has 0 unspecified atom stereocenters. The summed E-state index contributed by atoms with van der Waals surface area (Å²) in [6, 6.07) is 2.08. The lowest BCUT2D eigenvalue weighted by molar-refractivity contribution is 0.140. The van der Waals surface area contributed by atoms with Gasteiger partial charge in [-0.1, -0.05) is 6.92 Å². The summed E-state index contributed by atoms with van der Waals surface area (Å²) in [6.07, 6.45) is 1.80. The molecule has 0 aromatic carbocycles. The Bertz CT molecular complexity index is 329. The van der Waals surface area contributed by atoms with Gasteiger partial charge in [-0.05, 0) is 19.7 Å². The minimum Gasteiger partial charge on any atom is -0.468 e. The van der Waals surface area contributed by atoms with Crippen LogP contribution in [-0.2, 0) is 13.1 Å². The van der Waals surface area contributed by atoms with Crippen molar-refractivity contribution < 1.29 is 4.42 Å². The molecule has 96 valence electrons. The summed E-state index contributed by atoms with van der Waals surface area (Å²) < 4.78 is 5.60. The zero-order chi connectivity index (χ0) is 12.1. The van der Waals surface area contributed by atoms with Gasteiger partial charge in [-0.3, -0.25) is 4.90 Å². The molecule has 1 aliphatic rings. The first-order valence-electron chi connectivity index (χ1n) is 6.46. The third-order valence-electron chi connectivity index (χ3n) is 3.37. The molecule has 1 saturated heterocycles. The molecular formula is C13H23N3O. The highest BCUT2D eigenvalue weighted by Gasteiger charge is 2.16. The number of hydrogen-bond acceptors (Lipinski definition) is 4. The molecule has 1 fully saturated rings. The monoisotopic (exact) mass is 237 g/mol. The second-order valence-corrected chi connectivity index (χ2v) is 4.73. The van der Waals surface area contributed by atoms with Crippen LogP contribution in [0.2, 0.25) is 0 Å². The number of nitrogens with zero attached hydrogens (tertiary/aromatic N) is 2. The van der Waals surface area contributed by atoms with E-state index in [-0.39, 0.29) is 0 Å². The van der Waals surface area contributed by atoms with Crippen LogP contribution in [0.15, 0.2) is 16.7 Å². The summed E-state index contributed by atoms with van der Waals surface area (Å²) in [5, 5.41) is 3.35. The van der Waals surface area contributed by atoms with Crippen LogP contribution in [0.4, 0.5) is 0 Å². The average Bonchev–Trinajstić information content (AvgIpc) is 2.77. The van der Waals surface area contributed by atoms with Crippen molar-refractivity contribution in [3.63, 3.8) is 0 Å². The molecule has 1 aliphatic heterocycles. The fourth-order valence-electron chi connectivity index (χ4n) is 2.13. The van der Waals surface area contributed by atoms with Gasteiger partial charge in [-0.25, -0.2) is 0 Å². The van der Waals surface area contributed by atoms with Crippen LogP contribution < -0.4 is 5.32 Å². The Kier molecular flexibility index (Phi) is 4.59. The first-order chi connectivity index (χ1) is 8.29. The predicted octanol–water partition coefficient (Wildman–Crippen LogP) is 1.14. The maximum absolute atomic E-state index is 5.60. The molecule has 0 bridgehead atoms. The van der Waals surface area contributed by atoms with E-state index in [1.807, 2.05) is 0 Å². The SMILES string of the molecule is CCNCc1ccoc1CN1CCN(C)CC1. The molecule has 0 amide bonds. The molecule has 17 heavy (non-hydrogen) atoms. The maximum Gasteiger partial charge on any atom is 0.122 e. The fraction of sp³-hybridized carbons (Fsp3) is 0.692. The maximum atomic E-state index is 5.60. The Morgan fingerprint density at radius 1 is 1.29 bits per heavy atom. The van der Waals surface area contributed by atoms with Crippen LogP contribution in [0.1, 0.15) is 18.2 Å². The summed E-state index contributed by atoms with van der Waals surface area (Å²) in [6.45, 7) is 9.57. The van der Waals surface area contributed by atoms with E-state index in [4.69, 9.17) is 4.42 Å². The highest BCUT2D eigenvalue weighted by Crippen LogP contribution is 2.14. The van der Waals surface area contributed by atoms with Gasteiger partial charge in [0.15, 0.2) is 0 Å². The van der Waals surface area contributed by atoms with E-state index in [2.05, 4.69) is 35.2 Å². The molecule has 0 atom stereocenters. The summed E-state index contributed by atoms with van der Waals surface area (Å²) in [5.41, 5.74) is 1.30. The number of nitrogens with one attached hydrogen (secondary N) is 1. The molecule has 0 radical (unpaired) electrons. The van der Waals surface area contributed by atoms with Crippen LogP contribution in [0.25, 0.3) is 0 Å². The van der Waals surface area contributed by atoms with Gasteiger partial charge in [0.2, 0.25) is 0 Å². The minimum absolute atomic E-state index is 0.913. The lowest BCUT2D eigenvalue weighted by atomic mass is 10.2. The number of rotatable bonds is 5. The van der Waals surface area contributed by atoms with Crippen molar-refractivity contribution in [1.29, 1.82) is 0 Å². The van der Waals surface area contributed by atoms with Crippen LogP contribution in [0.3, 0.4) is 0 Å². The van der Waals surface area contributed by atoms with Gasteiger partial charge in [0.25, 0.3) is 0 Å². The van der Waals surface area contributed by atoms with Gasteiger partial charge in [0, 0.05) is 38.3 Å². The van der Waals surface area contributed by atoms with Gasteiger partial charge in [0.05, 0.1) is 12.8 Å². The summed E-state index contributed by atoms with van der Waals surface area (Å²) in [7, 11) is 2.18. The van der Waals surface area contributed by atoms with E-state index in [1.54, 1.807) is 6.26 Å². The van der Waals surface area contributed by atoms with E-state index in [9.17, 15) is 0 Å². The molecule has 0 aliphatic carbocycles. The zero-order valence-electron chi connectivity index (χ0n) is 10.9. The Morgan fingerprint density at radius 2 is 2.06 bits per heavy atom. The quantitative estimate of drug-likeness (QED) is 0.832. The molecule has 4 nitrogen and oxygen atoms in total. The molecular weight excluding hydrogens is 214 g/mol. The van der Waals surface area contributed by atoms with Gasteiger partial charge < -0.3 is 14.6 Å². The van der Waals surface area contributed by atoms with E-state index >= 15 is 0 Å². The van der Waals surface area contributed by atoms with E-state index in [0.717, 1.165) is 51.6 Å². The van der Waals surface area contributed by atoms with Crippen molar-refractivity contribution in [3.05, 3.63) is 23.7 Å². The van der Waals surface area contributed by atoms with Crippen molar-refractivity contribution in [1.82, 2.24) is 15.1 Å². The molecule has 0 saturated carbocycles. The van der Waals surface area contributed by atoms with E-state index in [0.29, 0.717) is 0 Å². The Balaban J connectivity index is 1.87.